The summed E-state index contributed by atoms with van der Waals surface area (Å²) in [6, 6.07) is 1.92. The van der Waals surface area contributed by atoms with Crippen LogP contribution in [0.25, 0.3) is 0 Å². The van der Waals surface area contributed by atoms with Crippen LogP contribution in [0.1, 0.15) is 5.69 Å². The first kappa shape index (κ1) is 10.1. The quantitative estimate of drug-likeness (QED) is 0.664. The van der Waals surface area contributed by atoms with Gasteiger partial charge in [-0.05, 0) is 0 Å². The predicted octanol–water partition coefficient (Wildman–Crippen LogP) is -0.0830. The second kappa shape index (κ2) is 4.36. The molecule has 0 saturated carbocycles. The van der Waals surface area contributed by atoms with Crippen molar-refractivity contribution in [3.63, 3.8) is 0 Å². The van der Waals surface area contributed by atoms with E-state index in [0.29, 0.717) is 17.2 Å². The Bertz CT molecular complexity index is 401. The third kappa shape index (κ3) is 2.30. The molecular formula is C9H10N4OS. The lowest BCUT2D eigenvalue weighted by molar-refractivity contribution is 0.672. The number of anilines is 1. The Morgan fingerprint density at radius 3 is 2.60 bits per heavy atom. The van der Waals surface area contributed by atoms with E-state index >= 15 is 0 Å². The predicted molar refractivity (Wildman–Crippen MR) is 56.8 cm³/mol. The minimum absolute atomic E-state index is 0.319. The number of hydrogen-bond acceptors (Lipinski definition) is 5. The molecule has 1 aromatic heterocycles. The van der Waals surface area contributed by atoms with Crippen LogP contribution >= 0.6 is 0 Å². The van der Waals surface area contributed by atoms with Crippen LogP contribution in [0, 0.1) is 11.3 Å². The van der Waals surface area contributed by atoms with E-state index in [2.05, 4.69) is 9.97 Å². The molecule has 0 aliphatic carbocycles. The molecule has 2 rings (SSSR count). The minimum atomic E-state index is -0.683. The zero-order valence-electron chi connectivity index (χ0n) is 8.09. The molecule has 0 bridgehead atoms. The molecule has 15 heavy (non-hydrogen) atoms. The fourth-order valence-corrected chi connectivity index (χ4v) is 2.46. The number of rotatable bonds is 1. The van der Waals surface area contributed by atoms with Gasteiger partial charge in [0.05, 0.1) is 12.4 Å². The first-order valence-corrected chi connectivity index (χ1v) is 6.10. The molecule has 6 heteroatoms. The summed E-state index contributed by atoms with van der Waals surface area (Å²) in [6.07, 6.45) is 3.05. The van der Waals surface area contributed by atoms with Gasteiger partial charge in [0.2, 0.25) is 0 Å². The van der Waals surface area contributed by atoms with Gasteiger partial charge in [-0.3, -0.25) is 4.21 Å². The van der Waals surface area contributed by atoms with Gasteiger partial charge in [0.25, 0.3) is 0 Å². The van der Waals surface area contributed by atoms with Crippen LogP contribution < -0.4 is 4.90 Å². The molecule has 0 amide bonds. The highest BCUT2D eigenvalue weighted by atomic mass is 32.2. The second-order valence-corrected chi connectivity index (χ2v) is 4.90. The fraction of sp³-hybridized carbons (Fsp3) is 0.444. The highest BCUT2D eigenvalue weighted by molar-refractivity contribution is 7.85. The van der Waals surface area contributed by atoms with Crippen molar-refractivity contribution >= 4 is 16.6 Å². The topological polar surface area (TPSA) is 69.9 Å². The van der Waals surface area contributed by atoms with Gasteiger partial charge in [0.1, 0.15) is 11.9 Å². The van der Waals surface area contributed by atoms with Gasteiger partial charge in [-0.25, -0.2) is 9.97 Å². The van der Waals surface area contributed by atoms with Crippen LogP contribution in [-0.2, 0) is 10.8 Å². The van der Waals surface area contributed by atoms with E-state index in [9.17, 15) is 4.21 Å². The summed E-state index contributed by atoms with van der Waals surface area (Å²) in [5, 5.41) is 8.57. The summed E-state index contributed by atoms with van der Waals surface area (Å²) in [7, 11) is -0.683. The molecule has 0 aromatic carbocycles. The normalized spacial score (nSPS) is 17.4. The molecule has 0 radical (unpaired) electrons. The maximum absolute atomic E-state index is 11.1. The molecule has 1 aliphatic rings. The largest absolute Gasteiger partial charge is 0.354 e. The summed E-state index contributed by atoms with van der Waals surface area (Å²) in [5.41, 5.74) is 0.319. The average molecular weight is 222 g/mol. The Morgan fingerprint density at radius 2 is 2.07 bits per heavy atom. The lowest BCUT2D eigenvalue weighted by atomic mass is 10.4. The van der Waals surface area contributed by atoms with E-state index in [1.807, 2.05) is 11.0 Å². The Morgan fingerprint density at radius 1 is 1.33 bits per heavy atom. The van der Waals surface area contributed by atoms with Crippen molar-refractivity contribution in [2.45, 2.75) is 0 Å². The third-order valence-electron chi connectivity index (χ3n) is 2.25. The lowest BCUT2D eigenvalue weighted by Crippen LogP contribution is -2.38. The highest BCUT2D eigenvalue weighted by Crippen LogP contribution is 2.11. The molecule has 1 aromatic rings. The zero-order chi connectivity index (χ0) is 10.7. The molecule has 5 nitrogen and oxygen atoms in total. The zero-order valence-corrected chi connectivity index (χ0v) is 8.90. The standard InChI is InChI=1S/C9H10N4OS/c10-5-8-6-12-9(7-11-8)13-1-3-15(14)4-2-13/h6-7H,1-4H2. The van der Waals surface area contributed by atoms with E-state index < -0.39 is 10.8 Å². The minimum Gasteiger partial charge on any atom is -0.354 e. The number of nitriles is 1. The summed E-state index contributed by atoms with van der Waals surface area (Å²) >= 11 is 0. The van der Waals surface area contributed by atoms with E-state index in [0.717, 1.165) is 18.9 Å². The van der Waals surface area contributed by atoms with Crippen molar-refractivity contribution in [2.75, 3.05) is 29.5 Å². The monoisotopic (exact) mass is 222 g/mol. The van der Waals surface area contributed by atoms with Crippen LogP contribution in [0.3, 0.4) is 0 Å². The van der Waals surface area contributed by atoms with E-state index in [1.165, 1.54) is 6.20 Å². The van der Waals surface area contributed by atoms with Crippen LogP contribution in [0.2, 0.25) is 0 Å². The molecular weight excluding hydrogens is 212 g/mol. The Labute approximate surface area is 90.2 Å². The van der Waals surface area contributed by atoms with Crippen LogP contribution in [0.15, 0.2) is 12.4 Å². The van der Waals surface area contributed by atoms with Crippen molar-refractivity contribution in [3.05, 3.63) is 18.1 Å². The van der Waals surface area contributed by atoms with Crippen molar-refractivity contribution in [2.24, 2.45) is 0 Å². The Hall–Kier alpha value is -1.48. The van der Waals surface area contributed by atoms with Gasteiger partial charge in [-0.15, -0.1) is 0 Å². The van der Waals surface area contributed by atoms with Crippen LogP contribution in [-0.4, -0.2) is 38.8 Å². The van der Waals surface area contributed by atoms with Crippen molar-refractivity contribution in [3.8, 4) is 6.07 Å². The average Bonchev–Trinajstić information content (AvgIpc) is 2.30. The molecule has 0 atom stereocenters. The van der Waals surface area contributed by atoms with Gasteiger partial charge >= 0.3 is 0 Å². The van der Waals surface area contributed by atoms with Gasteiger partial charge in [-0.2, -0.15) is 5.26 Å². The summed E-state index contributed by atoms with van der Waals surface area (Å²) in [6.45, 7) is 1.49. The fourth-order valence-electron chi connectivity index (χ4n) is 1.41. The smallest absolute Gasteiger partial charge is 0.158 e. The summed E-state index contributed by atoms with van der Waals surface area (Å²) < 4.78 is 11.1. The van der Waals surface area contributed by atoms with Crippen molar-refractivity contribution in [1.82, 2.24) is 9.97 Å². The SMILES string of the molecule is N#Cc1cnc(N2CCS(=O)CC2)cn1. The number of aromatic nitrogens is 2. The molecule has 2 heterocycles. The third-order valence-corrected chi connectivity index (χ3v) is 3.53. The highest BCUT2D eigenvalue weighted by Gasteiger charge is 2.16. The van der Waals surface area contributed by atoms with Gasteiger partial charge in [-0.1, -0.05) is 0 Å². The maximum Gasteiger partial charge on any atom is 0.158 e. The van der Waals surface area contributed by atoms with Gasteiger partial charge in [0.15, 0.2) is 5.69 Å². The van der Waals surface area contributed by atoms with Crippen molar-refractivity contribution < 1.29 is 4.21 Å². The summed E-state index contributed by atoms with van der Waals surface area (Å²) in [5.74, 6) is 2.12. The Kier molecular flexibility index (Phi) is 2.92. The number of hydrogen-bond donors (Lipinski definition) is 0. The maximum atomic E-state index is 11.1. The van der Waals surface area contributed by atoms with Crippen LogP contribution in [0.4, 0.5) is 5.82 Å². The van der Waals surface area contributed by atoms with Gasteiger partial charge < -0.3 is 4.90 Å². The van der Waals surface area contributed by atoms with Gasteiger partial charge in [0, 0.05) is 35.4 Å². The molecule has 0 N–H and O–H groups in total. The molecule has 78 valence electrons. The first-order valence-electron chi connectivity index (χ1n) is 4.61. The molecule has 1 aliphatic heterocycles. The van der Waals surface area contributed by atoms with Crippen molar-refractivity contribution in [1.29, 1.82) is 5.26 Å². The molecule has 0 spiro atoms. The Balaban J connectivity index is 2.10. The number of nitrogens with zero attached hydrogens (tertiary/aromatic N) is 4. The molecule has 1 saturated heterocycles. The van der Waals surface area contributed by atoms with E-state index in [1.54, 1.807) is 6.20 Å². The summed E-state index contributed by atoms with van der Waals surface area (Å²) in [4.78, 5) is 10.1. The second-order valence-electron chi connectivity index (χ2n) is 3.21. The first-order chi connectivity index (χ1) is 7.29. The van der Waals surface area contributed by atoms with E-state index in [-0.39, 0.29) is 0 Å². The van der Waals surface area contributed by atoms with E-state index in [4.69, 9.17) is 5.26 Å². The van der Waals surface area contributed by atoms with Crippen LogP contribution in [0.5, 0.6) is 0 Å². The molecule has 1 fully saturated rings. The lowest BCUT2D eigenvalue weighted by Gasteiger charge is -2.26. The molecule has 0 unspecified atom stereocenters.